The minimum Gasteiger partial charge on any atom is -0.452 e. The van der Waals surface area contributed by atoms with Crippen LogP contribution in [0.15, 0.2) is 23.1 Å². The molecule has 1 saturated heterocycles. The molecule has 1 aliphatic heterocycles. The van der Waals surface area contributed by atoms with Crippen LogP contribution in [0, 0.1) is 5.92 Å². The van der Waals surface area contributed by atoms with Gasteiger partial charge < -0.3 is 10.1 Å². The number of ether oxygens (including phenoxy) is 1. The molecule has 0 saturated carbocycles. The van der Waals surface area contributed by atoms with Crippen molar-refractivity contribution in [1.82, 2.24) is 9.62 Å². The number of benzene rings is 1. The average molecular weight is 431 g/mol. The molecular formula is C19H27ClN2O5S. The molecule has 2 rings (SSSR count). The second kappa shape index (κ2) is 8.80. The van der Waals surface area contributed by atoms with Gasteiger partial charge in [-0.05, 0) is 57.7 Å². The molecule has 1 aromatic rings. The number of carbonyl (C=O) groups excluding carboxylic acids is 2. The van der Waals surface area contributed by atoms with Gasteiger partial charge in [-0.1, -0.05) is 18.5 Å². The van der Waals surface area contributed by atoms with Gasteiger partial charge in [0.25, 0.3) is 5.91 Å². The summed E-state index contributed by atoms with van der Waals surface area (Å²) in [6.45, 7) is 7.81. The topological polar surface area (TPSA) is 92.8 Å². The number of piperidine rings is 1. The lowest BCUT2D eigenvalue weighted by atomic mass is 10.0. The van der Waals surface area contributed by atoms with E-state index in [-0.39, 0.29) is 21.4 Å². The standard InChI is InChI=1S/C19H27ClN2O5S/c1-13-6-5-9-22(11-13)28(25,26)16-10-14(7-8-15(16)20)18(24)27-12-17(23)21-19(2,3)4/h7-8,10,13H,5-6,9,11-12H2,1-4H3,(H,21,23). The molecule has 28 heavy (non-hydrogen) atoms. The SMILES string of the molecule is CC1CCCN(S(=O)(=O)c2cc(C(=O)OCC(=O)NC(C)(C)C)ccc2Cl)C1. The first-order valence-corrected chi connectivity index (χ1v) is 11.0. The van der Waals surface area contributed by atoms with Crippen LogP contribution in [0.3, 0.4) is 0 Å². The van der Waals surface area contributed by atoms with Gasteiger partial charge in [0.15, 0.2) is 6.61 Å². The van der Waals surface area contributed by atoms with Gasteiger partial charge in [0.1, 0.15) is 4.90 Å². The number of rotatable bonds is 5. The van der Waals surface area contributed by atoms with Crippen LogP contribution in [-0.2, 0) is 19.6 Å². The van der Waals surface area contributed by atoms with E-state index in [0.717, 1.165) is 12.8 Å². The second-order valence-electron chi connectivity index (χ2n) is 8.13. The van der Waals surface area contributed by atoms with Gasteiger partial charge in [0.05, 0.1) is 10.6 Å². The van der Waals surface area contributed by atoms with Gasteiger partial charge in [0, 0.05) is 18.6 Å². The van der Waals surface area contributed by atoms with E-state index in [1.54, 1.807) is 0 Å². The van der Waals surface area contributed by atoms with E-state index >= 15 is 0 Å². The highest BCUT2D eigenvalue weighted by molar-refractivity contribution is 7.89. The van der Waals surface area contributed by atoms with Crippen LogP contribution in [0.4, 0.5) is 0 Å². The molecule has 0 aromatic heterocycles. The highest BCUT2D eigenvalue weighted by Gasteiger charge is 2.31. The molecule has 1 amide bonds. The Bertz CT molecular complexity index is 848. The smallest absolute Gasteiger partial charge is 0.338 e. The first kappa shape index (κ1) is 22.6. The summed E-state index contributed by atoms with van der Waals surface area (Å²) in [5.74, 6) is -0.967. The monoisotopic (exact) mass is 430 g/mol. The van der Waals surface area contributed by atoms with Crippen LogP contribution < -0.4 is 5.32 Å². The van der Waals surface area contributed by atoms with Crippen molar-refractivity contribution in [3.8, 4) is 0 Å². The predicted octanol–water partition coefficient (Wildman–Crippen LogP) is 2.83. The van der Waals surface area contributed by atoms with E-state index in [1.807, 2.05) is 27.7 Å². The van der Waals surface area contributed by atoms with Crippen molar-refractivity contribution in [2.45, 2.75) is 51.0 Å². The number of hydrogen-bond donors (Lipinski definition) is 1. The van der Waals surface area contributed by atoms with Crippen molar-refractivity contribution in [3.05, 3.63) is 28.8 Å². The number of nitrogens with one attached hydrogen (secondary N) is 1. The van der Waals surface area contributed by atoms with E-state index in [4.69, 9.17) is 16.3 Å². The van der Waals surface area contributed by atoms with Crippen LogP contribution >= 0.6 is 11.6 Å². The minimum atomic E-state index is -3.82. The fourth-order valence-electron chi connectivity index (χ4n) is 3.00. The zero-order chi connectivity index (χ0) is 21.1. The minimum absolute atomic E-state index is 0.0246. The Morgan fingerprint density at radius 2 is 2.00 bits per heavy atom. The number of halogens is 1. The largest absolute Gasteiger partial charge is 0.452 e. The third-order valence-electron chi connectivity index (χ3n) is 4.25. The first-order chi connectivity index (χ1) is 12.9. The number of carbonyl (C=O) groups is 2. The van der Waals surface area contributed by atoms with Gasteiger partial charge in [-0.2, -0.15) is 4.31 Å². The Labute approximate surface area is 171 Å². The second-order valence-corrected chi connectivity index (χ2v) is 10.4. The highest BCUT2D eigenvalue weighted by Crippen LogP contribution is 2.29. The number of hydrogen-bond acceptors (Lipinski definition) is 5. The summed E-state index contributed by atoms with van der Waals surface area (Å²) in [5, 5.41) is 2.72. The summed E-state index contributed by atoms with van der Waals surface area (Å²) >= 11 is 6.12. The van der Waals surface area contributed by atoms with E-state index in [0.29, 0.717) is 13.1 Å². The van der Waals surface area contributed by atoms with Gasteiger partial charge in [-0.25, -0.2) is 13.2 Å². The lowest BCUT2D eigenvalue weighted by molar-refractivity contribution is -0.125. The molecule has 1 fully saturated rings. The maximum absolute atomic E-state index is 13.0. The quantitative estimate of drug-likeness (QED) is 0.725. The Balaban J connectivity index is 2.16. The molecule has 1 atom stereocenters. The van der Waals surface area contributed by atoms with Crippen molar-refractivity contribution < 1.29 is 22.7 Å². The van der Waals surface area contributed by atoms with Crippen LogP contribution in [0.2, 0.25) is 5.02 Å². The van der Waals surface area contributed by atoms with Crippen LogP contribution in [0.5, 0.6) is 0 Å². The highest BCUT2D eigenvalue weighted by atomic mass is 35.5. The maximum Gasteiger partial charge on any atom is 0.338 e. The van der Waals surface area contributed by atoms with E-state index in [2.05, 4.69) is 5.32 Å². The van der Waals surface area contributed by atoms with Crippen molar-refractivity contribution in [2.24, 2.45) is 5.92 Å². The molecule has 1 aromatic carbocycles. The number of sulfonamides is 1. The zero-order valence-corrected chi connectivity index (χ0v) is 18.2. The van der Waals surface area contributed by atoms with Crippen molar-refractivity contribution in [2.75, 3.05) is 19.7 Å². The lowest BCUT2D eigenvalue weighted by Gasteiger charge is -2.30. The fourth-order valence-corrected chi connectivity index (χ4v) is 5.10. The summed E-state index contributed by atoms with van der Waals surface area (Å²) in [4.78, 5) is 24.0. The predicted molar refractivity (Wildman–Crippen MR) is 107 cm³/mol. The number of amides is 1. The third-order valence-corrected chi connectivity index (χ3v) is 6.60. The fraction of sp³-hybridized carbons (Fsp3) is 0.579. The summed E-state index contributed by atoms with van der Waals surface area (Å²) in [7, 11) is -3.82. The molecule has 156 valence electrons. The molecular weight excluding hydrogens is 404 g/mol. The molecule has 0 aliphatic carbocycles. The van der Waals surface area contributed by atoms with Crippen LogP contribution in [0.25, 0.3) is 0 Å². The van der Waals surface area contributed by atoms with Crippen molar-refractivity contribution >= 4 is 33.5 Å². The van der Waals surface area contributed by atoms with Crippen molar-refractivity contribution in [1.29, 1.82) is 0 Å². The molecule has 1 heterocycles. The third kappa shape index (κ3) is 5.93. The van der Waals surface area contributed by atoms with Crippen LogP contribution in [-0.4, -0.2) is 49.8 Å². The first-order valence-electron chi connectivity index (χ1n) is 9.18. The molecule has 1 N–H and O–H groups in total. The lowest BCUT2D eigenvalue weighted by Crippen LogP contribution is -2.42. The van der Waals surface area contributed by atoms with E-state index in [1.165, 1.54) is 22.5 Å². The summed E-state index contributed by atoms with van der Waals surface area (Å²) in [5.41, 5.74) is -0.423. The molecule has 1 unspecified atom stereocenters. The van der Waals surface area contributed by atoms with E-state index in [9.17, 15) is 18.0 Å². The molecule has 9 heteroatoms. The average Bonchev–Trinajstić information content (AvgIpc) is 2.58. The van der Waals surface area contributed by atoms with Crippen molar-refractivity contribution in [3.63, 3.8) is 0 Å². The maximum atomic E-state index is 13.0. The zero-order valence-electron chi connectivity index (χ0n) is 16.6. The van der Waals surface area contributed by atoms with Gasteiger partial charge >= 0.3 is 5.97 Å². The Kier molecular flexibility index (Phi) is 7.12. The molecule has 0 bridgehead atoms. The number of nitrogens with zero attached hydrogens (tertiary/aromatic N) is 1. The molecule has 0 spiro atoms. The van der Waals surface area contributed by atoms with Gasteiger partial charge in [0.2, 0.25) is 10.0 Å². The molecule has 7 nitrogen and oxygen atoms in total. The van der Waals surface area contributed by atoms with Gasteiger partial charge in [-0.15, -0.1) is 0 Å². The Morgan fingerprint density at radius 3 is 2.61 bits per heavy atom. The normalized spacial score (nSPS) is 18.5. The Morgan fingerprint density at radius 1 is 1.32 bits per heavy atom. The molecule has 1 aliphatic rings. The summed E-state index contributed by atoms with van der Waals surface area (Å²) in [6.07, 6.45) is 1.76. The van der Waals surface area contributed by atoms with Gasteiger partial charge in [-0.3, -0.25) is 4.79 Å². The molecule has 0 radical (unpaired) electrons. The Hall–Kier alpha value is -1.64. The van der Waals surface area contributed by atoms with E-state index < -0.39 is 34.0 Å². The summed E-state index contributed by atoms with van der Waals surface area (Å²) < 4.78 is 32.4. The van der Waals surface area contributed by atoms with Crippen LogP contribution in [0.1, 0.15) is 50.9 Å². The summed E-state index contributed by atoms with van der Waals surface area (Å²) in [6, 6.07) is 3.94. The number of esters is 1.